The first-order valence-corrected chi connectivity index (χ1v) is 13.8. The van der Waals surface area contributed by atoms with Crippen molar-refractivity contribution < 1.29 is 4.79 Å². The van der Waals surface area contributed by atoms with Gasteiger partial charge in [-0.15, -0.1) is 11.8 Å². The molecule has 176 valence electrons. The summed E-state index contributed by atoms with van der Waals surface area (Å²) in [5.41, 5.74) is 1.82. The number of amides is 1. The van der Waals surface area contributed by atoms with Crippen LogP contribution in [0.15, 0.2) is 47.5 Å². The smallest absolute Gasteiger partial charge is 0.224 e. The Morgan fingerprint density at radius 3 is 2.25 bits per heavy atom. The average molecular weight is 455 g/mol. The second-order valence-corrected chi connectivity index (χ2v) is 9.44. The van der Waals surface area contributed by atoms with E-state index < -0.39 is 0 Å². The fraction of sp³-hybridized carbons (Fsp3) is 0.571. The highest BCUT2D eigenvalue weighted by Gasteiger charge is 2.11. The van der Waals surface area contributed by atoms with Crippen molar-refractivity contribution >= 4 is 34.3 Å². The molecule has 0 aliphatic carbocycles. The van der Waals surface area contributed by atoms with Crippen LogP contribution in [-0.4, -0.2) is 17.1 Å². The molecule has 32 heavy (non-hydrogen) atoms. The average Bonchev–Trinajstić information content (AvgIpc) is 2.81. The number of allylic oxidation sites excluding steroid dienone is 2. The number of hydrogen-bond donors (Lipinski definition) is 1. The summed E-state index contributed by atoms with van der Waals surface area (Å²) in [6.07, 6.45) is 25.7. The molecule has 0 spiro atoms. The molecule has 4 heteroatoms. The number of rotatable bonds is 17. The van der Waals surface area contributed by atoms with Crippen molar-refractivity contribution in [3.8, 4) is 0 Å². The van der Waals surface area contributed by atoms with Crippen molar-refractivity contribution in [2.75, 3.05) is 11.6 Å². The Labute approximate surface area is 199 Å². The molecule has 0 unspecified atom stereocenters. The molecule has 1 aromatic heterocycles. The predicted molar refractivity (Wildman–Crippen MR) is 142 cm³/mol. The van der Waals surface area contributed by atoms with E-state index in [1.165, 1.54) is 70.6 Å². The van der Waals surface area contributed by atoms with Gasteiger partial charge in [0.15, 0.2) is 0 Å². The molecule has 0 aliphatic rings. The first kappa shape index (κ1) is 26.4. The summed E-state index contributed by atoms with van der Waals surface area (Å²) in [5, 5.41) is 4.16. The standard InChI is InChI=1S/C28H42N2OS/c1-3-4-5-6-7-8-9-10-11-12-13-14-15-16-17-20-27(31)30-28-24-19-18-23-29-25(24)21-22-26(28)32-2/h10-11,18-19,21-23H,3-9,12-17,20H2,1-2H3,(H,30,31)/b11-10-. The Kier molecular flexibility index (Phi) is 13.9. The lowest BCUT2D eigenvalue weighted by Crippen LogP contribution is -2.12. The maximum atomic E-state index is 12.5. The molecule has 0 atom stereocenters. The second-order valence-electron chi connectivity index (χ2n) is 8.60. The van der Waals surface area contributed by atoms with E-state index >= 15 is 0 Å². The van der Waals surface area contributed by atoms with E-state index in [4.69, 9.17) is 0 Å². The Bertz CT molecular complexity index is 818. The van der Waals surface area contributed by atoms with Gasteiger partial charge in [-0.2, -0.15) is 0 Å². The van der Waals surface area contributed by atoms with Crippen LogP contribution in [0.2, 0.25) is 0 Å². The Morgan fingerprint density at radius 1 is 0.906 bits per heavy atom. The zero-order chi connectivity index (χ0) is 22.9. The molecule has 0 saturated carbocycles. The van der Waals surface area contributed by atoms with E-state index in [2.05, 4.69) is 29.4 Å². The third-order valence-electron chi connectivity index (χ3n) is 5.90. The zero-order valence-corrected chi connectivity index (χ0v) is 21.0. The van der Waals surface area contributed by atoms with E-state index in [1.807, 2.05) is 30.5 Å². The van der Waals surface area contributed by atoms with Gasteiger partial charge in [0.1, 0.15) is 0 Å². The van der Waals surface area contributed by atoms with Gasteiger partial charge in [-0.3, -0.25) is 9.78 Å². The van der Waals surface area contributed by atoms with E-state index in [-0.39, 0.29) is 5.91 Å². The van der Waals surface area contributed by atoms with Crippen molar-refractivity contribution in [3.05, 3.63) is 42.6 Å². The third kappa shape index (κ3) is 10.2. The maximum absolute atomic E-state index is 12.5. The minimum absolute atomic E-state index is 0.106. The van der Waals surface area contributed by atoms with Gasteiger partial charge in [0.2, 0.25) is 5.91 Å². The molecule has 2 aromatic rings. The maximum Gasteiger partial charge on any atom is 0.224 e. The number of nitrogens with one attached hydrogen (secondary N) is 1. The van der Waals surface area contributed by atoms with Gasteiger partial charge in [0.05, 0.1) is 11.2 Å². The number of pyridine rings is 1. The highest BCUT2D eigenvalue weighted by Crippen LogP contribution is 2.32. The van der Waals surface area contributed by atoms with E-state index in [1.54, 1.807) is 18.0 Å². The molecule has 1 N–H and O–H groups in total. The first-order valence-electron chi connectivity index (χ1n) is 12.6. The summed E-state index contributed by atoms with van der Waals surface area (Å²) in [7, 11) is 0. The molecule has 2 rings (SSSR count). The molecule has 0 radical (unpaired) electrons. The number of thioether (sulfide) groups is 1. The Hall–Kier alpha value is -1.81. The van der Waals surface area contributed by atoms with Crippen molar-refractivity contribution in [2.24, 2.45) is 0 Å². The van der Waals surface area contributed by atoms with Gasteiger partial charge in [0, 0.05) is 22.9 Å². The molecule has 1 amide bonds. The molecular weight excluding hydrogens is 412 g/mol. The lowest BCUT2D eigenvalue weighted by atomic mass is 10.1. The predicted octanol–water partition coefficient (Wildman–Crippen LogP) is 8.93. The molecule has 0 aliphatic heterocycles. The number of hydrogen-bond acceptors (Lipinski definition) is 3. The van der Waals surface area contributed by atoms with E-state index in [0.717, 1.165) is 34.3 Å². The van der Waals surface area contributed by atoms with Gasteiger partial charge < -0.3 is 5.32 Å². The number of aromatic nitrogens is 1. The molecule has 0 bridgehead atoms. The fourth-order valence-corrected chi connectivity index (χ4v) is 4.56. The topological polar surface area (TPSA) is 42.0 Å². The van der Waals surface area contributed by atoms with Crippen LogP contribution in [0.1, 0.15) is 96.8 Å². The third-order valence-corrected chi connectivity index (χ3v) is 6.68. The summed E-state index contributed by atoms with van der Waals surface area (Å²) >= 11 is 1.65. The molecular formula is C28H42N2OS. The highest BCUT2D eigenvalue weighted by molar-refractivity contribution is 7.98. The fourth-order valence-electron chi connectivity index (χ4n) is 3.99. The molecule has 0 saturated heterocycles. The van der Waals surface area contributed by atoms with Crippen LogP contribution in [0.4, 0.5) is 5.69 Å². The van der Waals surface area contributed by atoms with Crippen LogP contribution in [0.25, 0.3) is 10.9 Å². The minimum Gasteiger partial charge on any atom is -0.325 e. The summed E-state index contributed by atoms with van der Waals surface area (Å²) in [5.74, 6) is 0.106. The summed E-state index contributed by atoms with van der Waals surface area (Å²) in [6, 6.07) is 8.00. The lowest BCUT2D eigenvalue weighted by Gasteiger charge is -2.12. The number of anilines is 1. The van der Waals surface area contributed by atoms with Crippen molar-refractivity contribution in [3.63, 3.8) is 0 Å². The number of benzene rings is 1. The SMILES string of the molecule is CCCCCCCC/C=C\CCCCCCCC(=O)Nc1c(SC)ccc2ncccc12. The summed E-state index contributed by atoms with van der Waals surface area (Å²) in [6.45, 7) is 2.27. The molecule has 1 aromatic carbocycles. The van der Waals surface area contributed by atoms with Crippen molar-refractivity contribution in [1.29, 1.82) is 0 Å². The van der Waals surface area contributed by atoms with Crippen LogP contribution >= 0.6 is 11.8 Å². The van der Waals surface area contributed by atoms with Crippen molar-refractivity contribution in [1.82, 2.24) is 4.98 Å². The van der Waals surface area contributed by atoms with Crippen LogP contribution < -0.4 is 5.32 Å². The monoisotopic (exact) mass is 454 g/mol. The lowest BCUT2D eigenvalue weighted by molar-refractivity contribution is -0.116. The van der Waals surface area contributed by atoms with Gasteiger partial charge >= 0.3 is 0 Å². The van der Waals surface area contributed by atoms with Gasteiger partial charge in [-0.1, -0.05) is 70.4 Å². The number of carbonyl (C=O) groups is 1. The number of nitrogens with zero attached hydrogens (tertiary/aromatic N) is 1. The number of fused-ring (bicyclic) bond motifs is 1. The first-order chi connectivity index (χ1) is 15.8. The Morgan fingerprint density at radius 2 is 1.56 bits per heavy atom. The van der Waals surface area contributed by atoms with Gasteiger partial charge in [-0.05, 0) is 62.6 Å². The van der Waals surface area contributed by atoms with Crippen LogP contribution in [0, 0.1) is 0 Å². The molecule has 3 nitrogen and oxygen atoms in total. The minimum atomic E-state index is 0.106. The normalized spacial score (nSPS) is 11.4. The quantitative estimate of drug-likeness (QED) is 0.147. The van der Waals surface area contributed by atoms with Gasteiger partial charge in [0.25, 0.3) is 0 Å². The van der Waals surface area contributed by atoms with E-state index in [9.17, 15) is 4.79 Å². The van der Waals surface area contributed by atoms with E-state index in [0.29, 0.717) is 6.42 Å². The van der Waals surface area contributed by atoms with Crippen molar-refractivity contribution in [2.45, 2.75) is 102 Å². The van der Waals surface area contributed by atoms with Crippen LogP contribution in [-0.2, 0) is 4.79 Å². The van der Waals surface area contributed by atoms with Gasteiger partial charge in [-0.25, -0.2) is 0 Å². The summed E-state index contributed by atoms with van der Waals surface area (Å²) < 4.78 is 0. The summed E-state index contributed by atoms with van der Waals surface area (Å²) in [4.78, 5) is 18.0. The Balaban J connectivity index is 1.54. The van der Waals surface area contributed by atoms with Crippen LogP contribution in [0.3, 0.4) is 0 Å². The largest absolute Gasteiger partial charge is 0.325 e. The second kappa shape index (κ2) is 16.8. The molecule has 1 heterocycles. The number of carbonyl (C=O) groups excluding carboxylic acids is 1. The zero-order valence-electron chi connectivity index (χ0n) is 20.2. The highest BCUT2D eigenvalue weighted by atomic mass is 32.2. The van der Waals surface area contributed by atoms with Crippen LogP contribution in [0.5, 0.6) is 0 Å². The number of unbranched alkanes of at least 4 members (excludes halogenated alkanes) is 11. The molecule has 0 fully saturated rings.